The topological polar surface area (TPSA) is 101 Å². The molecule has 2 aromatic heterocycles. The SMILES string of the molecule is CC(C)c1ncnc2c1Nc1c3c(c(Cl)c(Cl)[n+]1C2C)OC[C@H]1CN(C(=O)OC(C)(C)C)CCN1C3=O. The molecular weight excluding hydrogens is 519 g/mol. The Hall–Kier alpha value is -2.85. The lowest BCUT2D eigenvalue weighted by Gasteiger charge is -2.40. The van der Waals surface area contributed by atoms with Crippen LogP contribution in [0.25, 0.3) is 0 Å². The first-order valence-electron chi connectivity index (χ1n) is 12.4. The summed E-state index contributed by atoms with van der Waals surface area (Å²) in [5.74, 6) is 0.602. The number of ether oxygens (including phenoxy) is 2. The van der Waals surface area contributed by atoms with Crippen molar-refractivity contribution in [1.29, 1.82) is 0 Å². The number of pyridine rings is 1. The smallest absolute Gasteiger partial charge is 0.410 e. The van der Waals surface area contributed by atoms with Gasteiger partial charge in [0.1, 0.15) is 35.3 Å². The summed E-state index contributed by atoms with van der Waals surface area (Å²) in [5.41, 5.74) is 2.05. The van der Waals surface area contributed by atoms with Crippen LogP contribution in [0.1, 0.15) is 75.2 Å². The molecule has 0 spiro atoms. The monoisotopic (exact) mass is 549 g/mol. The Morgan fingerprint density at radius 1 is 1.27 bits per heavy atom. The fraction of sp³-hybridized carbons (Fsp3) is 0.560. The summed E-state index contributed by atoms with van der Waals surface area (Å²) in [6, 6.07) is -0.683. The number of nitrogens with zero attached hydrogens (tertiary/aromatic N) is 5. The van der Waals surface area contributed by atoms with E-state index in [9.17, 15) is 9.59 Å². The minimum absolute atomic E-state index is 0.127. The highest BCUT2D eigenvalue weighted by atomic mass is 35.5. The molecule has 37 heavy (non-hydrogen) atoms. The number of hydrogen-bond donors (Lipinski definition) is 1. The molecule has 10 nitrogen and oxygen atoms in total. The predicted octanol–water partition coefficient (Wildman–Crippen LogP) is 4.31. The van der Waals surface area contributed by atoms with Gasteiger partial charge in [-0.25, -0.2) is 24.6 Å². The zero-order chi connectivity index (χ0) is 26.8. The molecule has 0 radical (unpaired) electrons. The number of rotatable bonds is 1. The van der Waals surface area contributed by atoms with E-state index < -0.39 is 11.7 Å². The first-order chi connectivity index (χ1) is 17.4. The third-order valence-corrected chi connectivity index (χ3v) is 7.62. The third-order valence-electron chi connectivity index (χ3n) is 6.81. The number of piperazine rings is 1. The van der Waals surface area contributed by atoms with Crippen molar-refractivity contribution in [2.24, 2.45) is 0 Å². The van der Waals surface area contributed by atoms with Crippen molar-refractivity contribution in [2.45, 2.75) is 65.1 Å². The number of aromatic nitrogens is 3. The van der Waals surface area contributed by atoms with E-state index in [4.69, 9.17) is 32.7 Å². The van der Waals surface area contributed by atoms with E-state index >= 15 is 0 Å². The van der Waals surface area contributed by atoms with Gasteiger partial charge >= 0.3 is 6.09 Å². The van der Waals surface area contributed by atoms with Crippen molar-refractivity contribution < 1.29 is 23.6 Å². The van der Waals surface area contributed by atoms with Gasteiger partial charge in [0.05, 0.1) is 11.7 Å². The van der Waals surface area contributed by atoms with E-state index in [1.54, 1.807) is 20.7 Å². The van der Waals surface area contributed by atoms with Crippen molar-refractivity contribution in [3.8, 4) is 5.75 Å². The second kappa shape index (κ2) is 9.16. The summed E-state index contributed by atoms with van der Waals surface area (Å²) in [7, 11) is 0. The lowest BCUT2D eigenvalue weighted by Crippen LogP contribution is -2.58. The molecule has 1 fully saturated rings. The summed E-state index contributed by atoms with van der Waals surface area (Å²) in [6.45, 7) is 12.7. The molecule has 1 unspecified atom stereocenters. The number of carbonyl (C=O) groups excluding carboxylic acids is 2. The Morgan fingerprint density at radius 2 is 2.00 bits per heavy atom. The van der Waals surface area contributed by atoms with Gasteiger partial charge in [-0.2, -0.15) is 0 Å². The van der Waals surface area contributed by atoms with Crippen LogP contribution in [-0.2, 0) is 4.74 Å². The molecule has 3 aliphatic rings. The number of amides is 2. The lowest BCUT2D eigenvalue weighted by molar-refractivity contribution is -0.696. The second-order valence-electron chi connectivity index (χ2n) is 10.9. The molecule has 0 saturated carbocycles. The standard InChI is InChI=1S/C25H30Cl2N6O4/c1-12(2)17-19-18(29-11-28-17)13(3)33-21(27)16(26)20-15(22(33)30-19)23(34)32-8-7-31(9-14(32)10-36-20)24(35)37-25(4,5)6/h11-14H,7-10H2,1-6H3/p+1/t13?,14-/m1/s1. The molecule has 12 heteroatoms. The normalized spacial score (nSPS) is 20.7. The second-order valence-corrected chi connectivity index (χ2v) is 11.6. The molecule has 0 aliphatic carbocycles. The van der Waals surface area contributed by atoms with Gasteiger partial charge in [0, 0.05) is 19.6 Å². The first-order valence-corrected chi connectivity index (χ1v) is 13.1. The van der Waals surface area contributed by atoms with Gasteiger partial charge in [0.25, 0.3) is 11.7 Å². The summed E-state index contributed by atoms with van der Waals surface area (Å²) < 4.78 is 13.5. The van der Waals surface area contributed by atoms with Crippen molar-refractivity contribution in [1.82, 2.24) is 19.8 Å². The minimum Gasteiger partial charge on any atom is -0.488 e. The zero-order valence-corrected chi connectivity index (χ0v) is 23.3. The van der Waals surface area contributed by atoms with Gasteiger partial charge < -0.3 is 19.3 Å². The van der Waals surface area contributed by atoms with Crippen molar-refractivity contribution in [3.63, 3.8) is 0 Å². The van der Waals surface area contributed by atoms with Crippen molar-refractivity contribution >= 4 is 46.7 Å². The van der Waals surface area contributed by atoms with E-state index in [0.717, 1.165) is 17.1 Å². The molecular formula is C25H31Cl2N6O4+. The van der Waals surface area contributed by atoms with Gasteiger partial charge in [-0.05, 0) is 45.2 Å². The maximum atomic E-state index is 14.1. The van der Waals surface area contributed by atoms with Crippen LogP contribution in [0.4, 0.5) is 16.3 Å². The summed E-state index contributed by atoms with van der Waals surface area (Å²) in [6.07, 6.45) is 1.13. The Labute approximate surface area is 225 Å². The maximum absolute atomic E-state index is 14.1. The Morgan fingerprint density at radius 3 is 2.68 bits per heavy atom. The number of anilines is 2. The first kappa shape index (κ1) is 25.8. The lowest BCUT2D eigenvalue weighted by atomic mass is 10.0. The largest absolute Gasteiger partial charge is 0.488 e. The molecule has 2 atom stereocenters. The van der Waals surface area contributed by atoms with Crippen LogP contribution < -0.4 is 14.6 Å². The van der Waals surface area contributed by atoms with E-state index in [0.29, 0.717) is 24.5 Å². The fourth-order valence-electron chi connectivity index (χ4n) is 5.07. The van der Waals surface area contributed by atoms with Crippen molar-refractivity contribution in [2.75, 3.05) is 31.6 Å². The van der Waals surface area contributed by atoms with E-state index in [1.807, 2.05) is 27.7 Å². The molecule has 5 heterocycles. The highest BCUT2D eigenvalue weighted by Crippen LogP contribution is 2.45. The average Bonchev–Trinajstić information content (AvgIpc) is 2.97. The van der Waals surface area contributed by atoms with Gasteiger partial charge in [0.2, 0.25) is 5.15 Å². The fourth-order valence-corrected chi connectivity index (χ4v) is 5.63. The van der Waals surface area contributed by atoms with E-state index in [1.165, 1.54) is 0 Å². The Kier molecular flexibility index (Phi) is 6.39. The van der Waals surface area contributed by atoms with E-state index in [-0.39, 0.29) is 53.0 Å². The van der Waals surface area contributed by atoms with Crippen LogP contribution in [0.3, 0.4) is 0 Å². The van der Waals surface area contributed by atoms with E-state index in [2.05, 4.69) is 29.1 Å². The quantitative estimate of drug-likeness (QED) is 0.417. The highest BCUT2D eigenvalue weighted by Gasteiger charge is 2.46. The Bertz CT molecular complexity index is 1300. The van der Waals surface area contributed by atoms with Gasteiger partial charge in [-0.15, -0.1) is 0 Å². The number of carbonyl (C=O) groups is 2. The van der Waals surface area contributed by atoms with Gasteiger partial charge in [-0.3, -0.25) is 4.79 Å². The summed E-state index contributed by atoms with van der Waals surface area (Å²) in [5, 5.41) is 3.81. The molecule has 0 aromatic carbocycles. The molecule has 2 amide bonds. The van der Waals surface area contributed by atoms with Gasteiger partial charge in [-0.1, -0.05) is 25.4 Å². The number of halogens is 2. The van der Waals surface area contributed by atoms with Gasteiger partial charge in [0.15, 0.2) is 17.0 Å². The molecule has 1 saturated heterocycles. The van der Waals surface area contributed by atoms with Crippen LogP contribution in [0.5, 0.6) is 5.75 Å². The Balaban J connectivity index is 1.55. The molecule has 1 N–H and O–H groups in total. The van der Waals surface area contributed by atoms with Crippen LogP contribution in [0.15, 0.2) is 6.33 Å². The molecule has 2 aromatic rings. The van der Waals surface area contributed by atoms with Crippen LogP contribution in [0, 0.1) is 0 Å². The van der Waals surface area contributed by atoms with Crippen LogP contribution >= 0.6 is 23.2 Å². The zero-order valence-electron chi connectivity index (χ0n) is 21.8. The highest BCUT2D eigenvalue weighted by molar-refractivity contribution is 6.42. The molecule has 0 bridgehead atoms. The predicted molar refractivity (Wildman–Crippen MR) is 138 cm³/mol. The number of fused-ring (bicyclic) bond motifs is 5. The van der Waals surface area contributed by atoms with Crippen molar-refractivity contribution in [3.05, 3.63) is 33.5 Å². The average molecular weight is 550 g/mol. The molecule has 198 valence electrons. The summed E-state index contributed by atoms with van der Waals surface area (Å²) >= 11 is 13.5. The third kappa shape index (κ3) is 4.33. The number of hydrogen-bond acceptors (Lipinski definition) is 7. The minimum atomic E-state index is -0.613. The summed E-state index contributed by atoms with van der Waals surface area (Å²) in [4.78, 5) is 39.1. The van der Waals surface area contributed by atoms with Crippen LogP contribution in [-0.4, -0.2) is 69.7 Å². The molecule has 5 rings (SSSR count). The molecule has 3 aliphatic heterocycles. The maximum Gasteiger partial charge on any atom is 0.410 e. The van der Waals surface area contributed by atoms with Crippen LogP contribution in [0.2, 0.25) is 10.2 Å². The number of nitrogens with one attached hydrogen (secondary N) is 1.